The molecule has 0 spiro atoms. The second kappa shape index (κ2) is 9.72. The van der Waals surface area contributed by atoms with Gasteiger partial charge in [-0.2, -0.15) is 4.98 Å². The number of anilines is 2. The summed E-state index contributed by atoms with van der Waals surface area (Å²) in [5.74, 6) is 2.27. The van der Waals surface area contributed by atoms with Gasteiger partial charge < -0.3 is 15.5 Å². The van der Waals surface area contributed by atoms with Crippen LogP contribution >= 0.6 is 11.3 Å². The van der Waals surface area contributed by atoms with Crippen molar-refractivity contribution < 1.29 is 8.42 Å². The number of sulfone groups is 1. The molecule has 1 fully saturated rings. The molecule has 1 aromatic carbocycles. The molecule has 2 N–H and O–H groups in total. The summed E-state index contributed by atoms with van der Waals surface area (Å²) >= 11 is 1.35. The van der Waals surface area contributed by atoms with Gasteiger partial charge in [0.25, 0.3) is 0 Å². The fourth-order valence-electron chi connectivity index (χ4n) is 4.21. The van der Waals surface area contributed by atoms with Gasteiger partial charge in [0.2, 0.25) is 5.95 Å². The second-order valence-electron chi connectivity index (χ2n) is 8.77. The quantitative estimate of drug-likeness (QED) is 0.513. The monoisotopic (exact) mass is 473 g/mol. The minimum atomic E-state index is -3.11. The van der Waals surface area contributed by atoms with Crippen LogP contribution in [0, 0.1) is 5.92 Å². The lowest BCUT2D eigenvalue weighted by Gasteiger charge is -2.29. The summed E-state index contributed by atoms with van der Waals surface area (Å²) in [6, 6.07) is 12.1. The Labute approximate surface area is 194 Å². The highest BCUT2D eigenvalue weighted by Gasteiger charge is 2.22. The lowest BCUT2D eigenvalue weighted by molar-refractivity contribution is 0.324. The van der Waals surface area contributed by atoms with Gasteiger partial charge in [0.05, 0.1) is 5.52 Å². The van der Waals surface area contributed by atoms with Crippen LogP contribution in [0.15, 0.2) is 40.6 Å². The zero-order valence-electron chi connectivity index (χ0n) is 18.8. The molecule has 4 rings (SSSR count). The van der Waals surface area contributed by atoms with E-state index in [9.17, 15) is 8.42 Å². The van der Waals surface area contributed by atoms with Crippen molar-refractivity contribution in [3.8, 4) is 0 Å². The number of nitrogens with one attached hydrogen (secondary N) is 2. The third-order valence-electron chi connectivity index (χ3n) is 5.92. The Kier molecular flexibility index (Phi) is 6.97. The first kappa shape index (κ1) is 22.9. The van der Waals surface area contributed by atoms with Gasteiger partial charge in [-0.15, -0.1) is 11.3 Å². The molecule has 0 aliphatic heterocycles. The summed E-state index contributed by atoms with van der Waals surface area (Å²) in [6.45, 7) is 1.67. The van der Waals surface area contributed by atoms with E-state index in [-0.39, 0.29) is 0 Å². The molecule has 2 aromatic heterocycles. The zero-order valence-corrected chi connectivity index (χ0v) is 20.5. The predicted octanol–water partition coefficient (Wildman–Crippen LogP) is 3.92. The van der Waals surface area contributed by atoms with Crippen LogP contribution in [0.5, 0.6) is 0 Å². The minimum absolute atomic E-state index is 0.386. The fraction of sp³-hybridized carbons (Fsp3) is 0.478. The normalized spacial score (nSPS) is 19.2. The molecule has 3 aromatic rings. The number of benzene rings is 1. The van der Waals surface area contributed by atoms with Crippen molar-refractivity contribution in [2.24, 2.45) is 5.92 Å². The summed E-state index contributed by atoms with van der Waals surface area (Å²) in [4.78, 5) is 12.6. The average molecular weight is 474 g/mol. The number of hydrogen-bond acceptors (Lipinski definition) is 8. The molecule has 0 amide bonds. The highest BCUT2D eigenvalue weighted by atomic mass is 32.2. The highest BCUT2D eigenvalue weighted by Crippen LogP contribution is 2.28. The van der Waals surface area contributed by atoms with Gasteiger partial charge in [0.1, 0.15) is 10.0 Å². The van der Waals surface area contributed by atoms with E-state index in [1.165, 1.54) is 17.6 Å². The largest absolute Gasteiger partial charge is 0.362 e. The van der Waals surface area contributed by atoms with E-state index >= 15 is 0 Å². The molecule has 1 aliphatic carbocycles. The molecule has 172 valence electrons. The van der Waals surface area contributed by atoms with Crippen LogP contribution in [0.25, 0.3) is 10.9 Å². The van der Waals surface area contributed by atoms with Crippen LogP contribution in [0.3, 0.4) is 0 Å². The number of nitrogens with zero attached hydrogens (tertiary/aromatic N) is 3. The molecule has 2 heterocycles. The van der Waals surface area contributed by atoms with Gasteiger partial charge in [-0.1, -0.05) is 12.1 Å². The van der Waals surface area contributed by atoms with Gasteiger partial charge in [0.15, 0.2) is 9.84 Å². The van der Waals surface area contributed by atoms with E-state index in [2.05, 4.69) is 16.7 Å². The summed E-state index contributed by atoms with van der Waals surface area (Å²) in [5, 5.41) is 8.13. The molecule has 0 radical (unpaired) electrons. The standard InChI is InChI=1S/C23H31N5O2S2/c1-28(2)22-19-6-4-5-7-20(19)26-23(27-22)25-17-10-8-16(9-11-17)14-24-15-18-12-13-21(31-18)32(3,29)30/h4-7,12-13,16-17,24H,8-11,14-15H2,1-3H3,(H,25,26,27). The van der Waals surface area contributed by atoms with Crippen LogP contribution in [0.4, 0.5) is 11.8 Å². The molecular weight excluding hydrogens is 442 g/mol. The number of thiophene rings is 1. The summed E-state index contributed by atoms with van der Waals surface area (Å²) in [6.07, 6.45) is 5.75. The Hall–Kier alpha value is -2.23. The fourth-order valence-corrected chi connectivity index (χ4v) is 6.16. The molecule has 0 atom stereocenters. The van der Waals surface area contributed by atoms with Crippen LogP contribution < -0.4 is 15.5 Å². The number of para-hydroxylation sites is 1. The van der Waals surface area contributed by atoms with Crippen LogP contribution in [0.2, 0.25) is 0 Å². The Morgan fingerprint density at radius 3 is 2.50 bits per heavy atom. The summed E-state index contributed by atoms with van der Waals surface area (Å²) in [7, 11) is 0.909. The summed E-state index contributed by atoms with van der Waals surface area (Å²) < 4.78 is 23.7. The van der Waals surface area contributed by atoms with E-state index in [1.807, 2.05) is 43.3 Å². The van der Waals surface area contributed by atoms with Crippen molar-refractivity contribution in [2.75, 3.05) is 37.1 Å². The van der Waals surface area contributed by atoms with E-state index in [0.29, 0.717) is 22.1 Å². The predicted molar refractivity (Wildman–Crippen MR) is 132 cm³/mol. The van der Waals surface area contributed by atoms with E-state index in [4.69, 9.17) is 9.97 Å². The Balaban J connectivity index is 1.27. The summed E-state index contributed by atoms with van der Waals surface area (Å²) in [5.41, 5.74) is 0.958. The maximum absolute atomic E-state index is 11.6. The van der Waals surface area contributed by atoms with Gasteiger partial charge in [0, 0.05) is 43.2 Å². The van der Waals surface area contributed by atoms with Crippen molar-refractivity contribution in [1.82, 2.24) is 15.3 Å². The minimum Gasteiger partial charge on any atom is -0.362 e. The van der Waals surface area contributed by atoms with Gasteiger partial charge in [-0.3, -0.25) is 0 Å². The lowest BCUT2D eigenvalue weighted by atomic mass is 9.86. The molecule has 0 unspecified atom stereocenters. The third kappa shape index (κ3) is 5.57. The van der Waals surface area contributed by atoms with Crippen molar-refractivity contribution in [2.45, 2.75) is 42.5 Å². The highest BCUT2D eigenvalue weighted by molar-refractivity contribution is 7.92. The first-order chi connectivity index (χ1) is 15.3. The van der Waals surface area contributed by atoms with Crippen molar-refractivity contribution in [3.05, 3.63) is 41.3 Å². The van der Waals surface area contributed by atoms with Crippen LogP contribution in [0.1, 0.15) is 30.6 Å². The van der Waals surface area contributed by atoms with E-state index < -0.39 is 9.84 Å². The Morgan fingerprint density at radius 1 is 1.06 bits per heavy atom. The molecule has 1 saturated carbocycles. The van der Waals surface area contributed by atoms with E-state index in [1.54, 1.807) is 6.07 Å². The number of aromatic nitrogens is 2. The third-order valence-corrected chi connectivity index (χ3v) is 8.83. The van der Waals surface area contributed by atoms with Crippen LogP contribution in [-0.4, -0.2) is 51.3 Å². The average Bonchev–Trinajstić information content (AvgIpc) is 3.24. The van der Waals surface area contributed by atoms with Crippen molar-refractivity contribution in [1.29, 1.82) is 0 Å². The van der Waals surface area contributed by atoms with Gasteiger partial charge in [-0.25, -0.2) is 13.4 Å². The number of rotatable bonds is 8. The Morgan fingerprint density at radius 2 is 1.81 bits per heavy atom. The first-order valence-corrected chi connectivity index (χ1v) is 13.7. The maximum Gasteiger partial charge on any atom is 0.225 e. The molecule has 1 aliphatic rings. The lowest BCUT2D eigenvalue weighted by Crippen LogP contribution is -2.31. The van der Waals surface area contributed by atoms with Gasteiger partial charge in [-0.05, 0) is 62.4 Å². The molecule has 0 saturated heterocycles. The van der Waals surface area contributed by atoms with Crippen molar-refractivity contribution >= 4 is 43.8 Å². The molecule has 9 heteroatoms. The van der Waals surface area contributed by atoms with Gasteiger partial charge >= 0.3 is 0 Å². The van der Waals surface area contributed by atoms with Crippen molar-refractivity contribution in [3.63, 3.8) is 0 Å². The van der Waals surface area contributed by atoms with Crippen LogP contribution in [-0.2, 0) is 16.4 Å². The Bertz CT molecular complexity index is 1170. The van der Waals surface area contributed by atoms with E-state index in [0.717, 1.165) is 60.4 Å². The molecule has 7 nitrogen and oxygen atoms in total. The molecule has 0 bridgehead atoms. The smallest absolute Gasteiger partial charge is 0.225 e. The SMILES string of the molecule is CN(C)c1nc(NC2CCC(CNCc3ccc(S(C)(=O)=O)s3)CC2)nc2ccccc12. The zero-order chi connectivity index (χ0) is 22.7. The first-order valence-electron chi connectivity index (χ1n) is 11.0. The molecular formula is C23H31N5O2S2. The number of fused-ring (bicyclic) bond motifs is 1. The second-order valence-corrected chi connectivity index (χ2v) is 12.2. The number of hydrogen-bond donors (Lipinski definition) is 2. The topological polar surface area (TPSA) is 87.2 Å². The maximum atomic E-state index is 11.6. The molecule has 32 heavy (non-hydrogen) atoms.